The van der Waals surface area contributed by atoms with Crippen molar-refractivity contribution >= 4 is 17.8 Å². The van der Waals surface area contributed by atoms with Crippen LogP contribution >= 0.6 is 0 Å². The zero-order valence-corrected chi connectivity index (χ0v) is 21.0. The zero-order chi connectivity index (χ0) is 24.8. The highest BCUT2D eigenvalue weighted by Crippen LogP contribution is 2.14. The average Bonchev–Trinajstić information content (AvgIpc) is 2.73. The third-order valence-corrected chi connectivity index (χ3v) is 4.88. The summed E-state index contributed by atoms with van der Waals surface area (Å²) >= 11 is 0. The number of carbonyl (C=O) groups excluding carboxylic acids is 2. The van der Waals surface area contributed by atoms with E-state index in [9.17, 15) is 14.4 Å². The minimum Gasteiger partial charge on any atom is -0.478 e. The van der Waals surface area contributed by atoms with E-state index in [1.165, 1.54) is 11.8 Å². The van der Waals surface area contributed by atoms with Crippen LogP contribution in [0.3, 0.4) is 0 Å². The van der Waals surface area contributed by atoms with E-state index in [2.05, 4.69) is 26.1 Å². The molecule has 1 rings (SSSR count). The van der Waals surface area contributed by atoms with Gasteiger partial charge >= 0.3 is 5.97 Å². The summed E-state index contributed by atoms with van der Waals surface area (Å²) < 4.78 is 0. The summed E-state index contributed by atoms with van der Waals surface area (Å²) in [5.74, 6) is -0.731. The van der Waals surface area contributed by atoms with Crippen LogP contribution in [-0.2, 0) is 20.8 Å². The lowest BCUT2D eigenvalue weighted by molar-refractivity contribution is -0.134. The molecular weight excluding hydrogens is 404 g/mol. The minimum absolute atomic E-state index is 0.0421. The number of hydrogen-bond donors (Lipinski definition) is 2. The quantitative estimate of drug-likeness (QED) is 0.516. The Bertz CT molecular complexity index is 739. The summed E-state index contributed by atoms with van der Waals surface area (Å²) in [6.07, 6.45) is 2.89. The number of likely N-dealkylation sites (N-methyl/N-ethyl adjacent to an activating group) is 1. The first kappa shape index (κ1) is 29.4. The molecule has 0 aromatic heterocycles. The van der Waals surface area contributed by atoms with E-state index in [1.807, 2.05) is 51.1 Å². The van der Waals surface area contributed by atoms with Crippen LogP contribution < -0.4 is 5.32 Å². The van der Waals surface area contributed by atoms with Gasteiger partial charge in [-0.1, -0.05) is 78.0 Å². The van der Waals surface area contributed by atoms with E-state index in [-0.39, 0.29) is 41.8 Å². The lowest BCUT2D eigenvalue weighted by Gasteiger charge is -2.29. The zero-order valence-electron chi connectivity index (χ0n) is 21.0. The van der Waals surface area contributed by atoms with Gasteiger partial charge in [0.25, 0.3) is 0 Å². The standard InChI is InChI=1S/C22H32N2O4.C4H10/c1-6-18(13-17-10-8-7-9-11-17)21(26)23-14-20(25)24(5)19(15(2)3)12-16(4)22(27)28;1-4(2)3/h7-12,15,18-19H,6,13-14H2,1-5H3,(H,23,26)(H,27,28);4H,1-3H3/b16-12+;. The van der Waals surface area contributed by atoms with Gasteiger partial charge in [0.05, 0.1) is 12.6 Å². The van der Waals surface area contributed by atoms with Crippen molar-refractivity contribution in [2.75, 3.05) is 13.6 Å². The van der Waals surface area contributed by atoms with Crippen LogP contribution in [-0.4, -0.2) is 47.4 Å². The maximum absolute atomic E-state index is 12.5. The fourth-order valence-electron chi connectivity index (χ4n) is 3.00. The molecule has 1 aromatic carbocycles. The van der Waals surface area contributed by atoms with Crippen molar-refractivity contribution in [3.05, 3.63) is 47.5 Å². The second-order valence-electron chi connectivity index (χ2n) is 9.14. The molecular formula is C26H42N2O4. The van der Waals surface area contributed by atoms with E-state index >= 15 is 0 Å². The van der Waals surface area contributed by atoms with E-state index in [1.54, 1.807) is 13.1 Å². The Kier molecular flexibility index (Phi) is 14.0. The third-order valence-electron chi connectivity index (χ3n) is 4.88. The summed E-state index contributed by atoms with van der Waals surface area (Å²) in [5.41, 5.74) is 1.28. The Hall–Kier alpha value is -2.63. The third kappa shape index (κ3) is 11.7. The lowest BCUT2D eigenvalue weighted by Crippen LogP contribution is -2.46. The Labute approximate surface area is 194 Å². The smallest absolute Gasteiger partial charge is 0.331 e. The summed E-state index contributed by atoms with van der Waals surface area (Å²) in [6.45, 7) is 13.7. The number of aliphatic carboxylic acids is 1. The molecule has 180 valence electrons. The molecule has 0 aliphatic carbocycles. The number of carboxylic acids is 1. The van der Waals surface area contributed by atoms with Gasteiger partial charge in [-0.3, -0.25) is 9.59 Å². The van der Waals surface area contributed by atoms with Gasteiger partial charge in [0.1, 0.15) is 0 Å². The number of amides is 2. The molecule has 0 aliphatic rings. The predicted molar refractivity (Wildman–Crippen MR) is 130 cm³/mol. The number of carbonyl (C=O) groups is 3. The van der Waals surface area contributed by atoms with Crippen LogP contribution in [0.5, 0.6) is 0 Å². The summed E-state index contributed by atoms with van der Waals surface area (Å²) in [5, 5.41) is 11.8. The fourth-order valence-corrected chi connectivity index (χ4v) is 3.00. The number of carboxylic acid groups (broad SMARTS) is 1. The molecule has 0 aliphatic heterocycles. The number of nitrogens with zero attached hydrogens (tertiary/aromatic N) is 1. The first-order chi connectivity index (χ1) is 14.9. The van der Waals surface area contributed by atoms with Crippen molar-refractivity contribution in [3.8, 4) is 0 Å². The Morgan fingerprint density at radius 2 is 1.59 bits per heavy atom. The van der Waals surface area contributed by atoms with Crippen LogP contribution in [0.1, 0.15) is 60.5 Å². The second-order valence-corrected chi connectivity index (χ2v) is 9.14. The largest absolute Gasteiger partial charge is 0.478 e. The van der Waals surface area contributed by atoms with Crippen LogP contribution in [0.25, 0.3) is 0 Å². The Morgan fingerprint density at radius 1 is 1.06 bits per heavy atom. The van der Waals surface area contributed by atoms with Crippen LogP contribution in [0, 0.1) is 17.8 Å². The molecule has 0 saturated heterocycles. The molecule has 6 nitrogen and oxygen atoms in total. The summed E-state index contributed by atoms with van der Waals surface area (Å²) in [7, 11) is 1.63. The number of nitrogens with one attached hydrogen (secondary N) is 1. The van der Waals surface area contributed by atoms with Crippen molar-refractivity contribution in [2.24, 2.45) is 17.8 Å². The molecule has 0 heterocycles. The highest BCUT2D eigenvalue weighted by Gasteiger charge is 2.24. The van der Waals surface area contributed by atoms with Crippen LogP contribution in [0.2, 0.25) is 0 Å². The first-order valence-electron chi connectivity index (χ1n) is 11.4. The minimum atomic E-state index is -1.01. The van der Waals surface area contributed by atoms with Crippen molar-refractivity contribution in [1.29, 1.82) is 0 Å². The van der Waals surface area contributed by atoms with Gasteiger partial charge in [-0.05, 0) is 37.2 Å². The molecule has 1 aromatic rings. The SMILES string of the molecule is CC(C)C.CCC(Cc1ccccc1)C(=O)NCC(=O)N(C)C(/C=C(\C)C(=O)O)C(C)C. The molecule has 2 N–H and O–H groups in total. The van der Waals surface area contributed by atoms with Gasteiger partial charge in [-0.2, -0.15) is 0 Å². The van der Waals surface area contributed by atoms with Crippen LogP contribution in [0.15, 0.2) is 42.0 Å². The number of benzene rings is 1. The first-order valence-corrected chi connectivity index (χ1v) is 11.4. The van der Waals surface area contributed by atoms with Gasteiger partial charge in [0, 0.05) is 18.5 Å². The average molecular weight is 447 g/mol. The molecule has 2 atom stereocenters. The Morgan fingerprint density at radius 3 is 2.03 bits per heavy atom. The van der Waals surface area contributed by atoms with Gasteiger partial charge in [0.15, 0.2) is 0 Å². The van der Waals surface area contributed by atoms with Gasteiger partial charge in [-0.25, -0.2) is 4.79 Å². The lowest BCUT2D eigenvalue weighted by atomic mass is 9.96. The van der Waals surface area contributed by atoms with Crippen molar-refractivity contribution in [3.63, 3.8) is 0 Å². The van der Waals surface area contributed by atoms with Crippen molar-refractivity contribution in [2.45, 2.75) is 67.3 Å². The molecule has 0 spiro atoms. The van der Waals surface area contributed by atoms with Gasteiger partial charge in [0.2, 0.25) is 11.8 Å². The Balaban J connectivity index is 0.00000220. The molecule has 32 heavy (non-hydrogen) atoms. The molecule has 6 heteroatoms. The molecule has 0 saturated carbocycles. The predicted octanol–water partition coefficient (Wildman–Crippen LogP) is 4.55. The van der Waals surface area contributed by atoms with Crippen molar-refractivity contribution < 1.29 is 19.5 Å². The molecule has 2 amide bonds. The van der Waals surface area contributed by atoms with E-state index in [0.717, 1.165) is 11.5 Å². The summed E-state index contributed by atoms with van der Waals surface area (Å²) in [6, 6.07) is 9.43. The maximum atomic E-state index is 12.5. The van der Waals surface area contributed by atoms with E-state index in [0.29, 0.717) is 12.8 Å². The monoisotopic (exact) mass is 446 g/mol. The molecule has 0 bridgehead atoms. The summed E-state index contributed by atoms with van der Waals surface area (Å²) in [4.78, 5) is 37.6. The molecule has 0 radical (unpaired) electrons. The van der Waals surface area contributed by atoms with E-state index < -0.39 is 5.97 Å². The van der Waals surface area contributed by atoms with E-state index in [4.69, 9.17) is 5.11 Å². The van der Waals surface area contributed by atoms with Gasteiger partial charge < -0.3 is 15.3 Å². The second kappa shape index (κ2) is 15.2. The molecule has 2 unspecified atom stereocenters. The maximum Gasteiger partial charge on any atom is 0.331 e. The number of hydrogen-bond acceptors (Lipinski definition) is 3. The number of rotatable bonds is 10. The van der Waals surface area contributed by atoms with Gasteiger partial charge in [-0.15, -0.1) is 0 Å². The molecule has 0 fully saturated rings. The topological polar surface area (TPSA) is 86.7 Å². The fraction of sp³-hybridized carbons (Fsp3) is 0.577. The highest BCUT2D eigenvalue weighted by molar-refractivity contribution is 5.87. The van der Waals surface area contributed by atoms with Crippen molar-refractivity contribution in [1.82, 2.24) is 10.2 Å². The highest BCUT2D eigenvalue weighted by atomic mass is 16.4. The normalized spacial score (nSPS) is 13.1. The van der Waals surface area contributed by atoms with Crippen LogP contribution in [0.4, 0.5) is 0 Å².